The van der Waals surface area contributed by atoms with Crippen LogP contribution in [0.2, 0.25) is 0 Å². The molecule has 16 heavy (non-hydrogen) atoms. The van der Waals surface area contributed by atoms with Crippen LogP contribution in [-0.4, -0.2) is 31.0 Å². The van der Waals surface area contributed by atoms with Gasteiger partial charge in [-0.15, -0.1) is 0 Å². The molecule has 1 aromatic carbocycles. The van der Waals surface area contributed by atoms with E-state index in [1.54, 1.807) is 21.3 Å². The maximum atomic E-state index is 11.1. The maximum Gasteiger partial charge on any atom is 0.289 e. The highest BCUT2D eigenvalue weighted by Gasteiger charge is 2.10. The predicted molar refractivity (Wildman–Crippen MR) is 65.3 cm³/mol. The number of amides is 1. The van der Waals surface area contributed by atoms with Crippen molar-refractivity contribution >= 4 is 20.7 Å². The Morgan fingerprint density at radius 1 is 1.38 bits per heavy atom. The summed E-state index contributed by atoms with van der Waals surface area (Å²) >= 11 is 2.89. The van der Waals surface area contributed by atoms with E-state index in [2.05, 4.69) is 15.9 Å². The third-order valence-electron chi connectivity index (χ3n) is 2.20. The number of rotatable bonds is 4. The lowest BCUT2D eigenvalue weighted by Gasteiger charge is -2.16. The van der Waals surface area contributed by atoms with E-state index < -0.39 is 0 Å². The van der Waals surface area contributed by atoms with Gasteiger partial charge in [-0.25, -0.2) is 0 Å². The summed E-state index contributed by atoms with van der Waals surface area (Å²) in [4.78, 5) is 12.4. The average Bonchev–Trinajstić information content (AvgIpc) is 2.28. The van der Waals surface area contributed by atoms with Crippen LogP contribution in [0.3, 0.4) is 0 Å². The Bertz CT molecular complexity index is 381. The van der Waals surface area contributed by atoms with Crippen molar-refractivity contribution in [1.82, 2.24) is 4.90 Å². The fraction of sp³-hybridized carbons (Fsp3) is 0.364. The number of halogens is 1. The molecule has 0 heterocycles. The van der Waals surface area contributed by atoms with Crippen LogP contribution in [0.4, 0.5) is 4.79 Å². The molecule has 1 aromatic rings. The molecule has 0 unspecified atom stereocenters. The molecule has 0 aromatic heterocycles. The summed E-state index contributed by atoms with van der Waals surface area (Å²) < 4.78 is 10.3. The second kappa shape index (κ2) is 5.75. The van der Waals surface area contributed by atoms with Gasteiger partial charge in [-0.05, 0) is 18.2 Å². The van der Waals surface area contributed by atoms with Gasteiger partial charge >= 0.3 is 0 Å². The SMILES string of the molecule is COc1ccc(OC)c(CN(C)C(=O)Br)c1. The Labute approximate surface area is 103 Å². The first-order chi connectivity index (χ1) is 7.58. The molecule has 0 saturated heterocycles. The van der Waals surface area contributed by atoms with Crippen molar-refractivity contribution in [2.24, 2.45) is 0 Å². The van der Waals surface area contributed by atoms with Gasteiger partial charge in [-0.3, -0.25) is 4.79 Å². The first-order valence-electron chi connectivity index (χ1n) is 4.70. The predicted octanol–water partition coefficient (Wildman–Crippen LogP) is 2.65. The molecule has 0 radical (unpaired) electrons. The molecule has 0 aliphatic heterocycles. The first kappa shape index (κ1) is 12.8. The smallest absolute Gasteiger partial charge is 0.289 e. The molecule has 0 aliphatic rings. The van der Waals surface area contributed by atoms with Crippen LogP contribution in [0, 0.1) is 0 Å². The van der Waals surface area contributed by atoms with Crippen LogP contribution < -0.4 is 9.47 Å². The van der Waals surface area contributed by atoms with E-state index in [9.17, 15) is 4.79 Å². The third kappa shape index (κ3) is 3.13. The van der Waals surface area contributed by atoms with E-state index in [1.165, 1.54) is 4.90 Å². The van der Waals surface area contributed by atoms with Gasteiger partial charge in [0.15, 0.2) is 0 Å². The third-order valence-corrected chi connectivity index (χ3v) is 2.80. The molecule has 4 nitrogen and oxygen atoms in total. The number of benzene rings is 1. The zero-order valence-electron chi connectivity index (χ0n) is 9.49. The Hall–Kier alpha value is -1.23. The van der Waals surface area contributed by atoms with Gasteiger partial charge in [0.2, 0.25) is 0 Å². The number of carbonyl (C=O) groups is 1. The minimum absolute atomic E-state index is 0.169. The van der Waals surface area contributed by atoms with Crippen molar-refractivity contribution in [3.63, 3.8) is 0 Å². The van der Waals surface area contributed by atoms with Crippen molar-refractivity contribution < 1.29 is 14.3 Å². The Balaban J connectivity index is 2.95. The topological polar surface area (TPSA) is 38.8 Å². The van der Waals surface area contributed by atoms with Crippen molar-refractivity contribution in [2.75, 3.05) is 21.3 Å². The second-order valence-electron chi connectivity index (χ2n) is 3.29. The summed E-state index contributed by atoms with van der Waals surface area (Å²) in [6, 6.07) is 5.49. The molecule has 0 aliphatic carbocycles. The molecular formula is C11H14BrNO3. The van der Waals surface area contributed by atoms with Crippen molar-refractivity contribution in [3.05, 3.63) is 23.8 Å². The monoisotopic (exact) mass is 287 g/mol. The quantitative estimate of drug-likeness (QED) is 0.631. The van der Waals surface area contributed by atoms with E-state index in [1.807, 2.05) is 18.2 Å². The normalized spacial score (nSPS) is 9.75. The standard InChI is InChI=1S/C11H14BrNO3/c1-13(11(12)14)7-8-6-9(15-2)4-5-10(8)16-3/h4-6H,7H2,1-3H3. The molecule has 88 valence electrons. The molecule has 1 rings (SSSR count). The summed E-state index contributed by atoms with van der Waals surface area (Å²) in [5, 5.41) is 0. The van der Waals surface area contributed by atoms with Crippen LogP contribution in [0.15, 0.2) is 18.2 Å². The van der Waals surface area contributed by atoms with Crippen LogP contribution in [0.5, 0.6) is 11.5 Å². The lowest BCUT2D eigenvalue weighted by molar-refractivity contribution is 0.232. The molecule has 1 amide bonds. The molecule has 0 bridgehead atoms. The zero-order chi connectivity index (χ0) is 12.1. The van der Waals surface area contributed by atoms with Crippen molar-refractivity contribution in [2.45, 2.75) is 6.54 Å². The average molecular weight is 288 g/mol. The van der Waals surface area contributed by atoms with Gasteiger partial charge in [0.1, 0.15) is 11.5 Å². The van der Waals surface area contributed by atoms with E-state index >= 15 is 0 Å². The molecule has 0 saturated carbocycles. The first-order valence-corrected chi connectivity index (χ1v) is 5.49. The lowest BCUT2D eigenvalue weighted by Crippen LogP contribution is -2.20. The van der Waals surface area contributed by atoms with Crippen molar-refractivity contribution in [1.29, 1.82) is 0 Å². The number of hydrogen-bond acceptors (Lipinski definition) is 3. The minimum Gasteiger partial charge on any atom is -0.497 e. The van der Waals surface area contributed by atoms with Gasteiger partial charge in [-0.1, -0.05) is 0 Å². The molecule has 0 atom stereocenters. The van der Waals surface area contributed by atoms with E-state index in [0.29, 0.717) is 6.54 Å². The van der Waals surface area contributed by atoms with Gasteiger partial charge in [0.25, 0.3) is 4.82 Å². The summed E-state index contributed by atoms with van der Waals surface area (Å²) in [5.41, 5.74) is 0.900. The van der Waals surface area contributed by atoms with Crippen LogP contribution in [0.25, 0.3) is 0 Å². The Morgan fingerprint density at radius 3 is 2.56 bits per heavy atom. The fourth-order valence-electron chi connectivity index (χ4n) is 1.32. The van der Waals surface area contributed by atoms with Gasteiger partial charge in [0.05, 0.1) is 14.2 Å². The highest BCUT2D eigenvalue weighted by atomic mass is 79.9. The summed E-state index contributed by atoms with van der Waals surface area (Å²) in [6.45, 7) is 0.463. The van der Waals surface area contributed by atoms with Crippen LogP contribution in [-0.2, 0) is 6.54 Å². The molecular weight excluding hydrogens is 274 g/mol. The number of nitrogens with zero attached hydrogens (tertiary/aromatic N) is 1. The number of hydrogen-bond donors (Lipinski definition) is 0. The number of ether oxygens (including phenoxy) is 2. The van der Waals surface area contributed by atoms with Gasteiger partial charge in [0, 0.05) is 35.1 Å². The fourth-order valence-corrected chi connectivity index (χ4v) is 1.45. The maximum absolute atomic E-state index is 11.1. The molecule has 5 heteroatoms. The molecule has 0 spiro atoms. The molecule has 0 fully saturated rings. The lowest BCUT2D eigenvalue weighted by atomic mass is 10.2. The molecule has 0 N–H and O–H groups in total. The second-order valence-corrected chi connectivity index (χ2v) is 3.97. The Morgan fingerprint density at radius 2 is 2.06 bits per heavy atom. The van der Waals surface area contributed by atoms with E-state index in [-0.39, 0.29) is 4.82 Å². The number of methoxy groups -OCH3 is 2. The summed E-state index contributed by atoms with van der Waals surface area (Å²) in [7, 11) is 4.90. The highest BCUT2D eigenvalue weighted by Crippen LogP contribution is 2.25. The van der Waals surface area contributed by atoms with Crippen LogP contribution in [0.1, 0.15) is 5.56 Å². The summed E-state index contributed by atoms with van der Waals surface area (Å²) in [5.74, 6) is 1.48. The van der Waals surface area contributed by atoms with E-state index in [4.69, 9.17) is 9.47 Å². The van der Waals surface area contributed by atoms with Crippen molar-refractivity contribution in [3.8, 4) is 11.5 Å². The van der Waals surface area contributed by atoms with Crippen LogP contribution >= 0.6 is 15.9 Å². The van der Waals surface area contributed by atoms with E-state index in [0.717, 1.165) is 17.1 Å². The largest absolute Gasteiger partial charge is 0.497 e. The Kier molecular flexibility index (Phi) is 4.61. The summed E-state index contributed by atoms with van der Waals surface area (Å²) in [6.07, 6.45) is 0. The van der Waals surface area contributed by atoms with Gasteiger partial charge in [-0.2, -0.15) is 0 Å². The zero-order valence-corrected chi connectivity index (χ0v) is 11.1. The van der Waals surface area contributed by atoms with Gasteiger partial charge < -0.3 is 14.4 Å². The minimum atomic E-state index is -0.169. The highest BCUT2D eigenvalue weighted by molar-refractivity contribution is 9.18. The number of carbonyl (C=O) groups excluding carboxylic acids is 1.